The molecule has 5 rings (SSSR count). The summed E-state index contributed by atoms with van der Waals surface area (Å²) in [5, 5.41) is 12.3. The fourth-order valence-corrected chi connectivity index (χ4v) is 8.62. The predicted octanol–water partition coefficient (Wildman–Crippen LogP) is 5.94. The number of oxime groups is 1. The Labute approximate surface area is 208 Å². The lowest BCUT2D eigenvalue weighted by Gasteiger charge is -2.57. The average molecular weight is 476 g/mol. The molecule has 0 aromatic carbocycles. The number of Topliss-reactive ketones (excluding diaryl/α,β-unsaturated/α-hetero) is 1. The lowest BCUT2D eigenvalue weighted by Crippen LogP contribution is -2.50. The molecule has 0 bridgehead atoms. The third kappa shape index (κ3) is 3.91. The Balaban J connectivity index is 1.39. The van der Waals surface area contributed by atoms with Crippen molar-refractivity contribution >= 4 is 23.6 Å². The standard InChI is InChI=1S/C30H37NO4/c1-19(33)26-9-10-28-25-8-6-22-17-24(34)11-14-29(22,2)27(25)12-15-30(26,28)13-3-4-20-5-7-23(31-35)16-21(20)18-32/h5-6,8,16-18,25-28,35H,3-4,7,9-15H2,1-2H3/t25-,26-,27-,28+,29-,30-/m1/s1. The molecule has 0 heterocycles. The fraction of sp³-hybridized carbons (Fsp3) is 0.600. The minimum absolute atomic E-state index is 0.0252. The van der Waals surface area contributed by atoms with Crippen molar-refractivity contribution in [2.45, 2.75) is 78.1 Å². The van der Waals surface area contributed by atoms with Crippen molar-refractivity contribution in [2.75, 3.05) is 0 Å². The van der Waals surface area contributed by atoms with Gasteiger partial charge in [0.05, 0.1) is 5.71 Å². The highest BCUT2D eigenvalue weighted by Crippen LogP contribution is 2.66. The van der Waals surface area contributed by atoms with Gasteiger partial charge in [0.25, 0.3) is 0 Å². The molecule has 2 fully saturated rings. The van der Waals surface area contributed by atoms with Crippen LogP contribution >= 0.6 is 0 Å². The molecule has 186 valence electrons. The molecule has 0 unspecified atom stereocenters. The van der Waals surface area contributed by atoms with E-state index in [2.05, 4.69) is 24.2 Å². The van der Waals surface area contributed by atoms with Crippen LogP contribution in [0.1, 0.15) is 78.1 Å². The lowest BCUT2D eigenvalue weighted by atomic mass is 9.47. The third-order valence-electron chi connectivity index (χ3n) is 10.3. The summed E-state index contributed by atoms with van der Waals surface area (Å²) in [6.45, 7) is 4.14. The van der Waals surface area contributed by atoms with Gasteiger partial charge >= 0.3 is 0 Å². The van der Waals surface area contributed by atoms with E-state index in [1.54, 1.807) is 13.0 Å². The number of allylic oxidation sites excluding steroid dienone is 8. The molecule has 0 radical (unpaired) electrons. The van der Waals surface area contributed by atoms with Crippen LogP contribution in [0.3, 0.4) is 0 Å². The highest BCUT2D eigenvalue weighted by Gasteiger charge is 2.60. The second-order valence-corrected chi connectivity index (χ2v) is 11.7. The number of hydrogen-bond acceptors (Lipinski definition) is 5. The third-order valence-corrected chi connectivity index (χ3v) is 10.3. The minimum atomic E-state index is 0.0252. The molecule has 2 saturated carbocycles. The molecule has 5 aliphatic carbocycles. The molecular formula is C30H37NO4. The van der Waals surface area contributed by atoms with Gasteiger partial charge in [-0.3, -0.25) is 14.4 Å². The molecule has 0 saturated heterocycles. The van der Waals surface area contributed by atoms with E-state index >= 15 is 0 Å². The van der Waals surface area contributed by atoms with Crippen molar-refractivity contribution in [3.8, 4) is 0 Å². The molecule has 0 aromatic rings. The van der Waals surface area contributed by atoms with E-state index in [1.807, 2.05) is 12.2 Å². The van der Waals surface area contributed by atoms with E-state index in [9.17, 15) is 14.4 Å². The monoisotopic (exact) mass is 475 g/mol. The molecule has 0 aromatic heterocycles. The molecule has 5 nitrogen and oxygen atoms in total. The molecule has 0 aliphatic heterocycles. The Kier molecular flexibility index (Phi) is 6.31. The van der Waals surface area contributed by atoms with E-state index in [0.29, 0.717) is 47.7 Å². The molecule has 0 amide bonds. The van der Waals surface area contributed by atoms with E-state index in [0.717, 1.165) is 63.2 Å². The van der Waals surface area contributed by atoms with E-state index in [4.69, 9.17) is 5.21 Å². The van der Waals surface area contributed by atoms with Crippen molar-refractivity contribution in [2.24, 2.45) is 39.7 Å². The van der Waals surface area contributed by atoms with Crippen molar-refractivity contribution < 1.29 is 19.6 Å². The fourth-order valence-electron chi connectivity index (χ4n) is 8.62. The zero-order valence-electron chi connectivity index (χ0n) is 21.0. The van der Waals surface area contributed by atoms with Crippen LogP contribution in [0.2, 0.25) is 0 Å². The van der Waals surface area contributed by atoms with Gasteiger partial charge in [-0.1, -0.05) is 30.3 Å². The first-order valence-corrected chi connectivity index (χ1v) is 13.3. The topological polar surface area (TPSA) is 83.8 Å². The van der Waals surface area contributed by atoms with E-state index < -0.39 is 0 Å². The first-order chi connectivity index (χ1) is 16.8. The van der Waals surface area contributed by atoms with Crippen molar-refractivity contribution in [3.63, 3.8) is 0 Å². The minimum Gasteiger partial charge on any atom is -0.411 e. The number of ketones is 2. The van der Waals surface area contributed by atoms with Crippen LogP contribution < -0.4 is 0 Å². The maximum Gasteiger partial charge on any atom is 0.156 e. The van der Waals surface area contributed by atoms with Crippen molar-refractivity contribution in [1.82, 2.24) is 0 Å². The Morgan fingerprint density at radius 2 is 2.03 bits per heavy atom. The zero-order valence-corrected chi connectivity index (χ0v) is 21.0. The number of fused-ring (bicyclic) bond motifs is 5. The number of carbonyl (C=O) groups excluding carboxylic acids is 3. The van der Waals surface area contributed by atoms with Gasteiger partial charge in [-0.15, -0.1) is 0 Å². The summed E-state index contributed by atoms with van der Waals surface area (Å²) in [7, 11) is 0. The number of rotatable bonds is 6. The smallest absolute Gasteiger partial charge is 0.156 e. The Morgan fingerprint density at radius 1 is 1.20 bits per heavy atom. The van der Waals surface area contributed by atoms with Crippen molar-refractivity contribution in [3.05, 3.63) is 47.1 Å². The second kappa shape index (κ2) is 9.15. The summed E-state index contributed by atoms with van der Waals surface area (Å²) in [4.78, 5) is 36.6. The van der Waals surface area contributed by atoms with Crippen LogP contribution in [0.5, 0.6) is 0 Å². The van der Waals surface area contributed by atoms with Gasteiger partial charge in [0.15, 0.2) is 5.78 Å². The zero-order chi connectivity index (χ0) is 24.8. The highest BCUT2D eigenvalue weighted by molar-refractivity contribution is 6.03. The van der Waals surface area contributed by atoms with Gasteiger partial charge in [0, 0.05) is 24.3 Å². The quantitative estimate of drug-likeness (QED) is 0.293. The highest BCUT2D eigenvalue weighted by atomic mass is 16.4. The Bertz CT molecular complexity index is 1090. The molecule has 6 atom stereocenters. The summed E-state index contributed by atoms with van der Waals surface area (Å²) in [5.74, 6) is 2.20. The SMILES string of the molecule is CC(=O)[C@H]1CC[C@H]2[C@@H]3C=CC4=CC(=O)CC[C@@]4(C)[C@@H]3CC[C@]12CCCC1=CCC(=NO)C=C1C=O. The summed E-state index contributed by atoms with van der Waals surface area (Å²) in [6, 6.07) is 0. The Morgan fingerprint density at radius 3 is 2.77 bits per heavy atom. The van der Waals surface area contributed by atoms with Crippen LogP contribution in [0, 0.1) is 34.5 Å². The molecule has 5 heteroatoms. The molecule has 5 aliphatic rings. The van der Waals surface area contributed by atoms with Crippen LogP contribution in [0.15, 0.2) is 52.3 Å². The predicted molar refractivity (Wildman–Crippen MR) is 135 cm³/mol. The van der Waals surface area contributed by atoms with Gasteiger partial charge in [0.1, 0.15) is 12.1 Å². The van der Waals surface area contributed by atoms with Crippen molar-refractivity contribution in [1.29, 1.82) is 0 Å². The second-order valence-electron chi connectivity index (χ2n) is 11.7. The van der Waals surface area contributed by atoms with Gasteiger partial charge in [-0.05, 0) is 110 Å². The summed E-state index contributed by atoms with van der Waals surface area (Å²) < 4.78 is 0. The van der Waals surface area contributed by atoms with Crippen LogP contribution in [0.4, 0.5) is 0 Å². The number of nitrogens with zero attached hydrogens (tertiary/aromatic N) is 1. The maximum absolute atomic E-state index is 12.9. The van der Waals surface area contributed by atoms with Crippen LogP contribution in [-0.2, 0) is 14.4 Å². The Hall–Kier alpha value is -2.56. The van der Waals surface area contributed by atoms with Crippen LogP contribution in [0.25, 0.3) is 0 Å². The summed E-state index contributed by atoms with van der Waals surface area (Å²) in [5.41, 5.74) is 3.44. The molecule has 35 heavy (non-hydrogen) atoms. The van der Waals surface area contributed by atoms with Gasteiger partial charge in [-0.2, -0.15) is 0 Å². The molecular weight excluding hydrogens is 438 g/mol. The number of aldehydes is 1. The normalized spacial score (nSPS) is 39.2. The molecule has 1 N–H and O–H groups in total. The van der Waals surface area contributed by atoms with Gasteiger partial charge < -0.3 is 5.21 Å². The lowest BCUT2D eigenvalue weighted by molar-refractivity contribution is -0.128. The number of carbonyl (C=O) groups is 3. The summed E-state index contributed by atoms with van der Waals surface area (Å²) in [6.07, 6.45) is 20.2. The van der Waals surface area contributed by atoms with E-state index in [1.165, 1.54) is 5.57 Å². The average Bonchev–Trinajstić information content (AvgIpc) is 3.24. The first kappa shape index (κ1) is 24.1. The van der Waals surface area contributed by atoms with E-state index in [-0.39, 0.29) is 22.5 Å². The maximum atomic E-state index is 12.9. The summed E-state index contributed by atoms with van der Waals surface area (Å²) >= 11 is 0. The van der Waals surface area contributed by atoms with Crippen LogP contribution in [-0.4, -0.2) is 28.8 Å². The molecule has 0 spiro atoms. The first-order valence-electron chi connectivity index (χ1n) is 13.3. The largest absolute Gasteiger partial charge is 0.411 e. The number of hydrogen-bond donors (Lipinski definition) is 1. The van der Waals surface area contributed by atoms with Gasteiger partial charge in [0.2, 0.25) is 0 Å². The van der Waals surface area contributed by atoms with Gasteiger partial charge in [-0.25, -0.2) is 0 Å².